The van der Waals surface area contributed by atoms with Gasteiger partial charge in [-0.1, -0.05) is 60.7 Å². The lowest BCUT2D eigenvalue weighted by Gasteiger charge is -2.35. The summed E-state index contributed by atoms with van der Waals surface area (Å²) in [5.74, 6) is -3.18. The van der Waals surface area contributed by atoms with Crippen LogP contribution in [-0.4, -0.2) is 33.2 Å². The van der Waals surface area contributed by atoms with Crippen LogP contribution >= 0.6 is 0 Å². The second kappa shape index (κ2) is 7.27. The summed E-state index contributed by atoms with van der Waals surface area (Å²) in [6, 6.07) is 18.8. The highest BCUT2D eigenvalue weighted by atomic mass is 16.4. The molecule has 1 amide bonds. The maximum Gasteiger partial charge on any atom is 0.341 e. The number of carboxylic acid groups (broad SMARTS) is 1. The predicted molar refractivity (Wildman–Crippen MR) is 105 cm³/mol. The summed E-state index contributed by atoms with van der Waals surface area (Å²) in [5, 5.41) is 22.4. The number of hydrogen-bond donors (Lipinski definition) is 3. The fourth-order valence-electron chi connectivity index (χ4n) is 3.87. The summed E-state index contributed by atoms with van der Waals surface area (Å²) in [6.45, 7) is 0.210. The first-order valence-electron chi connectivity index (χ1n) is 9.08. The van der Waals surface area contributed by atoms with Crippen LogP contribution in [-0.2, 0) is 0 Å². The van der Waals surface area contributed by atoms with Crippen molar-refractivity contribution in [2.24, 2.45) is 0 Å². The predicted octanol–water partition coefficient (Wildman–Crippen LogP) is 2.37. The first kappa shape index (κ1) is 18.5. The van der Waals surface area contributed by atoms with E-state index in [0.717, 1.165) is 17.3 Å². The van der Waals surface area contributed by atoms with Gasteiger partial charge in [-0.05, 0) is 11.1 Å². The number of aromatic nitrogens is 1. The fraction of sp³-hybridized carbons (Fsp3) is 0.136. The van der Waals surface area contributed by atoms with Crippen LogP contribution in [0.5, 0.6) is 5.75 Å². The number of pyridine rings is 1. The highest BCUT2D eigenvalue weighted by Gasteiger charge is 2.36. The van der Waals surface area contributed by atoms with E-state index in [4.69, 9.17) is 0 Å². The van der Waals surface area contributed by atoms with Gasteiger partial charge in [0, 0.05) is 18.7 Å². The second-order valence-corrected chi connectivity index (χ2v) is 6.86. The fourth-order valence-corrected chi connectivity index (χ4v) is 3.87. The van der Waals surface area contributed by atoms with E-state index in [1.807, 2.05) is 60.7 Å². The van der Waals surface area contributed by atoms with Crippen LogP contribution in [0.3, 0.4) is 0 Å². The van der Waals surface area contributed by atoms with Gasteiger partial charge in [-0.3, -0.25) is 9.59 Å². The van der Waals surface area contributed by atoms with E-state index >= 15 is 0 Å². The van der Waals surface area contributed by atoms with Gasteiger partial charge in [0.15, 0.2) is 11.4 Å². The van der Waals surface area contributed by atoms with Gasteiger partial charge in [0.2, 0.25) is 5.43 Å². The standard InChI is InChI=1S/C22H18N2O5/c25-19-15(22(28)29)12-24-16(11-23-21(27)18(24)20(19)26)17(13-7-3-1-4-8-13)14-9-5-2-6-10-14/h1-10,12,16-17,26H,11H2,(H,23,27)(H,28,29)/t16-/m1/s1. The van der Waals surface area contributed by atoms with Crippen molar-refractivity contribution in [3.05, 3.63) is 99.5 Å². The normalized spacial score (nSPS) is 15.6. The molecule has 2 heterocycles. The van der Waals surface area contributed by atoms with Crippen LogP contribution in [0.25, 0.3) is 0 Å². The minimum absolute atomic E-state index is 0.210. The third-order valence-electron chi connectivity index (χ3n) is 5.19. The van der Waals surface area contributed by atoms with Crippen molar-refractivity contribution in [3.63, 3.8) is 0 Å². The molecule has 7 nitrogen and oxygen atoms in total. The van der Waals surface area contributed by atoms with Crippen molar-refractivity contribution >= 4 is 11.9 Å². The number of aromatic hydroxyl groups is 1. The van der Waals surface area contributed by atoms with Gasteiger partial charge in [-0.25, -0.2) is 4.79 Å². The Kier molecular flexibility index (Phi) is 4.64. The molecule has 0 unspecified atom stereocenters. The molecule has 0 aliphatic carbocycles. The molecule has 0 saturated heterocycles. The molecule has 146 valence electrons. The third kappa shape index (κ3) is 3.16. The molecule has 3 aromatic rings. The topological polar surface area (TPSA) is 109 Å². The van der Waals surface area contributed by atoms with Crippen molar-refractivity contribution in [3.8, 4) is 5.75 Å². The van der Waals surface area contributed by atoms with E-state index in [0.29, 0.717) is 0 Å². The number of nitrogens with one attached hydrogen (secondary N) is 1. The Labute approximate surface area is 165 Å². The Morgan fingerprint density at radius 3 is 2.07 bits per heavy atom. The quantitative estimate of drug-likeness (QED) is 0.634. The number of aromatic carboxylic acids is 1. The van der Waals surface area contributed by atoms with E-state index in [9.17, 15) is 24.6 Å². The van der Waals surface area contributed by atoms with Crippen LogP contribution in [0.1, 0.15) is 43.9 Å². The average Bonchev–Trinajstić information content (AvgIpc) is 2.73. The summed E-state index contributed by atoms with van der Waals surface area (Å²) < 4.78 is 1.42. The van der Waals surface area contributed by atoms with Gasteiger partial charge < -0.3 is 20.1 Å². The number of amides is 1. The van der Waals surface area contributed by atoms with Crippen molar-refractivity contribution in [2.45, 2.75) is 12.0 Å². The molecule has 29 heavy (non-hydrogen) atoms. The Morgan fingerprint density at radius 2 is 1.55 bits per heavy atom. The zero-order valence-electron chi connectivity index (χ0n) is 15.3. The van der Waals surface area contributed by atoms with Crippen LogP contribution in [0, 0.1) is 0 Å². The van der Waals surface area contributed by atoms with Gasteiger partial charge in [-0.2, -0.15) is 0 Å². The van der Waals surface area contributed by atoms with Gasteiger partial charge in [0.1, 0.15) is 5.56 Å². The molecular weight excluding hydrogens is 372 g/mol. The van der Waals surface area contributed by atoms with Crippen molar-refractivity contribution in [1.82, 2.24) is 9.88 Å². The third-order valence-corrected chi connectivity index (χ3v) is 5.19. The zero-order chi connectivity index (χ0) is 20.5. The van der Waals surface area contributed by atoms with Gasteiger partial charge in [-0.15, -0.1) is 0 Å². The number of nitrogens with zero attached hydrogens (tertiary/aromatic N) is 1. The molecule has 2 aromatic carbocycles. The average molecular weight is 390 g/mol. The van der Waals surface area contributed by atoms with Crippen LogP contribution < -0.4 is 10.7 Å². The highest BCUT2D eigenvalue weighted by Crippen LogP contribution is 2.38. The smallest absolute Gasteiger partial charge is 0.341 e. The second-order valence-electron chi connectivity index (χ2n) is 6.86. The molecule has 4 rings (SSSR count). The molecule has 1 aromatic heterocycles. The van der Waals surface area contributed by atoms with Crippen molar-refractivity contribution < 1.29 is 19.8 Å². The monoisotopic (exact) mass is 390 g/mol. The van der Waals surface area contributed by atoms with Gasteiger partial charge >= 0.3 is 5.97 Å². The molecular formula is C22H18N2O5. The van der Waals surface area contributed by atoms with Crippen molar-refractivity contribution in [2.75, 3.05) is 6.54 Å². The molecule has 1 atom stereocenters. The molecule has 0 bridgehead atoms. The summed E-state index contributed by atoms with van der Waals surface area (Å²) in [4.78, 5) is 36.2. The highest BCUT2D eigenvalue weighted by molar-refractivity contribution is 5.97. The number of carbonyl (C=O) groups is 2. The van der Waals surface area contributed by atoms with Crippen LogP contribution in [0.2, 0.25) is 0 Å². The van der Waals surface area contributed by atoms with E-state index in [1.165, 1.54) is 4.57 Å². The lowest BCUT2D eigenvalue weighted by Crippen LogP contribution is -2.43. The molecule has 0 saturated carbocycles. The molecule has 0 radical (unpaired) electrons. The number of carbonyl (C=O) groups excluding carboxylic acids is 1. The minimum atomic E-state index is -1.46. The molecule has 7 heteroatoms. The first-order chi connectivity index (χ1) is 14.0. The number of hydrogen-bond acceptors (Lipinski definition) is 4. The summed E-state index contributed by atoms with van der Waals surface area (Å²) in [7, 11) is 0. The lowest BCUT2D eigenvalue weighted by atomic mass is 9.83. The lowest BCUT2D eigenvalue weighted by molar-refractivity contribution is 0.0691. The van der Waals surface area contributed by atoms with E-state index in [-0.39, 0.29) is 18.2 Å². The minimum Gasteiger partial charge on any atom is -0.503 e. The number of benzene rings is 2. The maximum atomic E-state index is 12.4. The molecule has 1 aliphatic heterocycles. The van der Waals surface area contributed by atoms with Crippen LogP contribution in [0.15, 0.2) is 71.7 Å². The van der Waals surface area contributed by atoms with Crippen molar-refractivity contribution in [1.29, 1.82) is 0 Å². The summed E-state index contributed by atoms with van der Waals surface area (Å²) >= 11 is 0. The Balaban J connectivity index is 1.97. The number of fused-ring (bicyclic) bond motifs is 1. The summed E-state index contributed by atoms with van der Waals surface area (Å²) in [5.41, 5.74) is 0.0381. The van der Waals surface area contributed by atoms with E-state index in [1.54, 1.807) is 0 Å². The number of rotatable bonds is 4. The van der Waals surface area contributed by atoms with E-state index < -0.39 is 34.7 Å². The SMILES string of the molecule is O=C(O)c1cn2c(c(O)c1=O)C(=O)NC[C@@H]2C(c1ccccc1)c1ccccc1. The molecule has 1 aliphatic rings. The van der Waals surface area contributed by atoms with Crippen LogP contribution in [0.4, 0.5) is 0 Å². The summed E-state index contributed by atoms with van der Waals surface area (Å²) in [6.07, 6.45) is 1.15. The number of carboxylic acids is 1. The largest absolute Gasteiger partial charge is 0.503 e. The van der Waals surface area contributed by atoms with E-state index in [2.05, 4.69) is 5.32 Å². The van der Waals surface area contributed by atoms with Gasteiger partial charge in [0.25, 0.3) is 5.91 Å². The Morgan fingerprint density at radius 1 is 1.00 bits per heavy atom. The molecule has 3 N–H and O–H groups in total. The maximum absolute atomic E-state index is 12.4. The van der Waals surface area contributed by atoms with Gasteiger partial charge in [0.05, 0.1) is 6.04 Å². The Bertz CT molecular complexity index is 1100. The zero-order valence-corrected chi connectivity index (χ0v) is 15.3. The molecule has 0 spiro atoms. The Hall–Kier alpha value is -3.87. The molecule has 0 fully saturated rings. The first-order valence-corrected chi connectivity index (χ1v) is 9.08.